The van der Waals surface area contributed by atoms with Crippen LogP contribution in [0, 0.1) is 6.92 Å². The maximum atomic E-state index is 13.2. The summed E-state index contributed by atoms with van der Waals surface area (Å²) < 4.78 is 12.0. The lowest BCUT2D eigenvalue weighted by molar-refractivity contribution is 0.00706. The molecule has 0 amide bonds. The molecule has 2 heterocycles. The third-order valence-electron chi connectivity index (χ3n) is 6.18. The van der Waals surface area contributed by atoms with Crippen LogP contribution in [0.1, 0.15) is 55.2 Å². The monoisotopic (exact) mass is 507 g/mol. The zero-order valence-corrected chi connectivity index (χ0v) is 22.0. The lowest BCUT2D eigenvalue weighted by Crippen LogP contribution is -2.24. The minimum absolute atomic E-state index is 0.129. The smallest absolute Gasteiger partial charge is 0.340 e. The number of hydrogen-bond donors (Lipinski definition) is 1. The Morgan fingerprint density at radius 1 is 1.05 bits per heavy atom. The maximum Gasteiger partial charge on any atom is 0.340 e. The van der Waals surface area contributed by atoms with E-state index in [0.717, 1.165) is 27.6 Å². The zero-order chi connectivity index (χ0) is 27.0. The Balaban J connectivity index is 1.57. The van der Waals surface area contributed by atoms with Crippen molar-refractivity contribution in [2.75, 3.05) is 5.32 Å². The van der Waals surface area contributed by atoms with Crippen molar-refractivity contribution in [3.8, 4) is 11.3 Å². The standard InChI is InChI=1S/C31H29N3O4/c1-18-12-23(19(2)34-25-9-7-6-8-22(25)30(36)38-31(3,4)5)29-24(13-18)27(35)15-28(37-29)20-10-11-21-16-32-17-33-26(21)14-20/h6-17,19,34H,1-5H3. The first-order chi connectivity index (χ1) is 18.1. The molecule has 7 nitrogen and oxygen atoms in total. The number of nitrogens with zero attached hydrogens (tertiary/aromatic N) is 2. The van der Waals surface area contributed by atoms with Crippen LogP contribution in [0.5, 0.6) is 0 Å². The van der Waals surface area contributed by atoms with Crippen LogP contribution in [0.4, 0.5) is 5.69 Å². The molecule has 3 aromatic carbocycles. The average molecular weight is 508 g/mol. The number of aromatic nitrogens is 2. The number of carbonyl (C=O) groups excluding carboxylic acids is 1. The largest absolute Gasteiger partial charge is 0.456 e. The number of para-hydroxylation sites is 1. The summed E-state index contributed by atoms with van der Waals surface area (Å²) in [5, 5.41) is 4.84. The van der Waals surface area contributed by atoms with Gasteiger partial charge in [-0.15, -0.1) is 0 Å². The molecule has 5 rings (SSSR count). The van der Waals surface area contributed by atoms with Crippen molar-refractivity contribution in [3.63, 3.8) is 0 Å². The highest BCUT2D eigenvalue weighted by Gasteiger charge is 2.22. The summed E-state index contributed by atoms with van der Waals surface area (Å²) in [7, 11) is 0. The van der Waals surface area contributed by atoms with E-state index in [1.165, 1.54) is 12.4 Å². The predicted octanol–water partition coefficient (Wildman–Crippen LogP) is 6.84. The Hall–Kier alpha value is -4.52. The van der Waals surface area contributed by atoms with Crippen molar-refractivity contribution < 1.29 is 13.9 Å². The van der Waals surface area contributed by atoms with Gasteiger partial charge in [-0.05, 0) is 64.4 Å². The first-order valence-corrected chi connectivity index (χ1v) is 12.5. The fraction of sp³-hybridized carbons (Fsp3) is 0.226. The highest BCUT2D eigenvalue weighted by atomic mass is 16.6. The van der Waals surface area contributed by atoms with E-state index in [2.05, 4.69) is 15.3 Å². The molecule has 0 aliphatic carbocycles. The van der Waals surface area contributed by atoms with Crippen molar-refractivity contribution in [3.05, 3.63) is 100 Å². The van der Waals surface area contributed by atoms with Gasteiger partial charge < -0.3 is 14.5 Å². The summed E-state index contributed by atoms with van der Waals surface area (Å²) >= 11 is 0. The van der Waals surface area contributed by atoms with Gasteiger partial charge in [0.15, 0.2) is 5.43 Å². The molecular formula is C31H29N3O4. The highest BCUT2D eigenvalue weighted by molar-refractivity contribution is 5.96. The molecule has 0 aliphatic rings. The van der Waals surface area contributed by atoms with Crippen molar-refractivity contribution >= 4 is 33.5 Å². The molecule has 38 heavy (non-hydrogen) atoms. The van der Waals surface area contributed by atoms with E-state index in [9.17, 15) is 9.59 Å². The summed E-state index contributed by atoms with van der Waals surface area (Å²) in [5.74, 6) is 0.0466. The van der Waals surface area contributed by atoms with Crippen molar-refractivity contribution in [1.82, 2.24) is 9.97 Å². The van der Waals surface area contributed by atoms with Gasteiger partial charge in [-0.25, -0.2) is 14.8 Å². The molecule has 1 unspecified atom stereocenters. The maximum absolute atomic E-state index is 13.2. The first kappa shape index (κ1) is 25.1. The van der Waals surface area contributed by atoms with E-state index in [1.807, 2.05) is 77.1 Å². The Morgan fingerprint density at radius 2 is 1.84 bits per heavy atom. The van der Waals surface area contributed by atoms with Crippen LogP contribution in [-0.4, -0.2) is 21.5 Å². The van der Waals surface area contributed by atoms with Crippen molar-refractivity contribution in [2.45, 2.75) is 46.3 Å². The molecular weight excluding hydrogens is 478 g/mol. The summed E-state index contributed by atoms with van der Waals surface area (Å²) in [5.41, 5.74) is 4.08. The van der Waals surface area contributed by atoms with Gasteiger partial charge in [-0.2, -0.15) is 0 Å². The molecule has 0 fully saturated rings. The molecule has 0 saturated heterocycles. The average Bonchev–Trinajstić information content (AvgIpc) is 2.87. The van der Waals surface area contributed by atoms with Crippen LogP contribution in [0.3, 0.4) is 0 Å². The quantitative estimate of drug-likeness (QED) is 0.260. The van der Waals surface area contributed by atoms with Gasteiger partial charge in [0, 0.05) is 34.5 Å². The highest BCUT2D eigenvalue weighted by Crippen LogP contribution is 2.32. The van der Waals surface area contributed by atoms with E-state index in [0.29, 0.717) is 28.0 Å². The SMILES string of the molecule is Cc1cc(C(C)Nc2ccccc2C(=O)OC(C)(C)C)c2oc(-c3ccc4cncnc4c3)cc(=O)c2c1. The molecule has 0 spiro atoms. The molecule has 0 radical (unpaired) electrons. The molecule has 192 valence electrons. The van der Waals surface area contributed by atoms with Gasteiger partial charge in [0.1, 0.15) is 23.3 Å². The number of anilines is 1. The molecule has 1 N–H and O–H groups in total. The van der Waals surface area contributed by atoms with Crippen LogP contribution in [0.2, 0.25) is 0 Å². The van der Waals surface area contributed by atoms with Gasteiger partial charge in [0.05, 0.1) is 22.5 Å². The second-order valence-corrected chi connectivity index (χ2v) is 10.4. The fourth-order valence-electron chi connectivity index (χ4n) is 4.46. The second-order valence-electron chi connectivity index (χ2n) is 10.4. The molecule has 7 heteroatoms. The molecule has 2 aromatic heterocycles. The Kier molecular flexibility index (Phi) is 6.45. The number of benzene rings is 3. The number of nitrogens with one attached hydrogen (secondary N) is 1. The Bertz CT molecular complexity index is 1730. The molecule has 0 saturated carbocycles. The van der Waals surface area contributed by atoms with Crippen LogP contribution < -0.4 is 10.7 Å². The van der Waals surface area contributed by atoms with Gasteiger partial charge in [-0.3, -0.25) is 4.79 Å². The minimum atomic E-state index is -0.614. The Morgan fingerprint density at radius 3 is 2.63 bits per heavy atom. The van der Waals surface area contributed by atoms with Crippen LogP contribution in [-0.2, 0) is 4.74 Å². The number of ether oxygens (including phenoxy) is 1. The number of carbonyl (C=O) groups is 1. The normalized spacial score (nSPS) is 12.4. The van der Waals surface area contributed by atoms with E-state index in [-0.39, 0.29) is 11.5 Å². The van der Waals surface area contributed by atoms with Crippen molar-refractivity contribution in [1.29, 1.82) is 0 Å². The predicted molar refractivity (Wildman–Crippen MR) is 149 cm³/mol. The van der Waals surface area contributed by atoms with E-state index in [1.54, 1.807) is 18.3 Å². The number of rotatable bonds is 5. The number of esters is 1. The summed E-state index contributed by atoms with van der Waals surface area (Å²) in [6.07, 6.45) is 3.23. The van der Waals surface area contributed by atoms with Crippen LogP contribution >= 0.6 is 0 Å². The molecule has 0 bridgehead atoms. The molecule has 5 aromatic rings. The van der Waals surface area contributed by atoms with Crippen molar-refractivity contribution in [2.24, 2.45) is 0 Å². The Labute approximate surface area is 220 Å². The summed E-state index contributed by atoms with van der Waals surface area (Å²) in [4.78, 5) is 34.5. The number of aryl methyl sites for hydroxylation is 1. The zero-order valence-electron chi connectivity index (χ0n) is 22.0. The summed E-state index contributed by atoms with van der Waals surface area (Å²) in [6, 6.07) is 18.0. The third kappa shape index (κ3) is 5.13. The number of fused-ring (bicyclic) bond motifs is 2. The third-order valence-corrected chi connectivity index (χ3v) is 6.18. The summed E-state index contributed by atoms with van der Waals surface area (Å²) in [6.45, 7) is 9.43. The fourth-order valence-corrected chi connectivity index (χ4v) is 4.46. The van der Waals surface area contributed by atoms with E-state index >= 15 is 0 Å². The van der Waals surface area contributed by atoms with Gasteiger partial charge in [0.2, 0.25) is 0 Å². The van der Waals surface area contributed by atoms with Gasteiger partial charge in [-0.1, -0.05) is 30.3 Å². The number of hydrogen-bond acceptors (Lipinski definition) is 7. The minimum Gasteiger partial charge on any atom is -0.456 e. The lowest BCUT2D eigenvalue weighted by atomic mass is 10.00. The van der Waals surface area contributed by atoms with Crippen LogP contribution in [0.25, 0.3) is 33.2 Å². The first-order valence-electron chi connectivity index (χ1n) is 12.5. The molecule has 1 atom stereocenters. The van der Waals surface area contributed by atoms with Crippen LogP contribution in [0.15, 0.2) is 82.4 Å². The second kappa shape index (κ2) is 9.74. The molecule has 0 aliphatic heterocycles. The van der Waals surface area contributed by atoms with Gasteiger partial charge in [0.25, 0.3) is 0 Å². The lowest BCUT2D eigenvalue weighted by Gasteiger charge is -2.22. The van der Waals surface area contributed by atoms with E-state index < -0.39 is 11.6 Å². The topological polar surface area (TPSA) is 94.3 Å². The van der Waals surface area contributed by atoms with Gasteiger partial charge >= 0.3 is 5.97 Å². The van der Waals surface area contributed by atoms with E-state index in [4.69, 9.17) is 9.15 Å².